The van der Waals surface area contributed by atoms with Crippen LogP contribution in [0.3, 0.4) is 0 Å². The molecule has 2 saturated heterocycles. The Labute approximate surface area is 265 Å². The molecule has 242 valence electrons. The molecule has 3 saturated carbocycles. The van der Waals surface area contributed by atoms with Crippen molar-refractivity contribution in [3.63, 3.8) is 0 Å². The number of carbonyl (C=O) groups is 2. The Morgan fingerprint density at radius 1 is 1.11 bits per heavy atom. The lowest BCUT2D eigenvalue weighted by atomic mass is 9.94. The Morgan fingerprint density at radius 2 is 1.89 bits per heavy atom. The van der Waals surface area contributed by atoms with Gasteiger partial charge in [-0.25, -0.2) is 14.7 Å². The third-order valence-electron chi connectivity index (χ3n) is 11.0. The van der Waals surface area contributed by atoms with Crippen molar-refractivity contribution in [3.8, 4) is 0 Å². The summed E-state index contributed by atoms with van der Waals surface area (Å²) in [5.74, 6) is 1.33. The number of sulfonamides is 1. The molecule has 5 aliphatic rings. The number of carbonyl (C=O) groups excluding carboxylic acids is 2. The van der Waals surface area contributed by atoms with E-state index < -0.39 is 22.0 Å². The zero-order chi connectivity index (χ0) is 31.5. The van der Waals surface area contributed by atoms with Gasteiger partial charge in [0, 0.05) is 37.9 Å². The van der Waals surface area contributed by atoms with Crippen LogP contribution in [0, 0.1) is 22.7 Å². The molecule has 2 amide bonds. The predicted octanol–water partition coefficient (Wildman–Crippen LogP) is 3.88. The van der Waals surface area contributed by atoms with Gasteiger partial charge in [0.05, 0.1) is 5.56 Å². The highest BCUT2D eigenvalue weighted by Gasteiger charge is 2.85. The van der Waals surface area contributed by atoms with Crippen molar-refractivity contribution in [1.82, 2.24) is 20.0 Å². The van der Waals surface area contributed by atoms with Crippen LogP contribution in [0.2, 0.25) is 0 Å². The molecule has 2 atom stereocenters. The van der Waals surface area contributed by atoms with Crippen LogP contribution in [0.1, 0.15) is 82.0 Å². The molecule has 5 fully saturated rings. The van der Waals surface area contributed by atoms with Crippen LogP contribution >= 0.6 is 0 Å². The number of ether oxygens (including phenoxy) is 1. The van der Waals surface area contributed by atoms with E-state index in [-0.39, 0.29) is 22.0 Å². The quantitative estimate of drug-likeness (QED) is 0.279. The molecule has 3 aliphatic carbocycles. The lowest BCUT2D eigenvalue weighted by Crippen LogP contribution is -2.32. The van der Waals surface area contributed by atoms with Crippen LogP contribution in [-0.2, 0) is 19.6 Å². The lowest BCUT2D eigenvalue weighted by molar-refractivity contribution is -0.127. The van der Waals surface area contributed by atoms with Gasteiger partial charge in [-0.2, -0.15) is 8.42 Å². The number of rotatable bonds is 13. The van der Waals surface area contributed by atoms with E-state index in [4.69, 9.17) is 4.74 Å². The third kappa shape index (κ3) is 5.96. The summed E-state index contributed by atoms with van der Waals surface area (Å²) in [5, 5.41) is 6.48. The second-order valence-corrected chi connectivity index (χ2v) is 16.0. The first-order valence-electron chi connectivity index (χ1n) is 16.4. The maximum absolute atomic E-state index is 13.0. The van der Waals surface area contributed by atoms with Gasteiger partial charge in [0.25, 0.3) is 21.8 Å². The molecule has 45 heavy (non-hydrogen) atoms. The summed E-state index contributed by atoms with van der Waals surface area (Å²) in [6.07, 6.45) is 11.1. The van der Waals surface area contributed by atoms with Crippen molar-refractivity contribution in [2.24, 2.45) is 22.7 Å². The Kier molecular flexibility index (Phi) is 7.68. The molecule has 3 N–H and O–H groups in total. The number of pyridine rings is 2. The molecular weight excluding hydrogens is 592 g/mol. The van der Waals surface area contributed by atoms with Gasteiger partial charge in [0.1, 0.15) is 17.7 Å². The smallest absolute Gasteiger partial charge is 0.281 e. The molecule has 2 aromatic rings. The second-order valence-electron chi connectivity index (χ2n) is 14.4. The molecule has 7 rings (SSSR count). The fraction of sp³-hybridized carbons (Fsp3) is 0.636. The standard InChI is InChI=1S/C33H44N6O5S/c1-31(2)19-22(20-36-31)5-4-16-34-26-6-3-7-28(37-26)45(42,43)38-29(40)23-8-9-27(35-21-23)39-17-10-24(30(39)41)44-18-11-25-32(12-13-32)33(25)14-15-33/h3,6-9,21-22,24-25,36H,4-5,10-20H2,1-2H3,(H,34,37)(H,38,40)/t22-,24-/m0/s1. The van der Waals surface area contributed by atoms with Gasteiger partial charge in [0.15, 0.2) is 5.03 Å². The molecule has 2 spiro atoms. The lowest BCUT2D eigenvalue weighted by Gasteiger charge is -2.17. The van der Waals surface area contributed by atoms with Gasteiger partial charge >= 0.3 is 0 Å². The maximum Gasteiger partial charge on any atom is 0.281 e. The highest BCUT2D eigenvalue weighted by Crippen LogP contribution is 2.93. The van der Waals surface area contributed by atoms with Crippen LogP contribution in [0.25, 0.3) is 0 Å². The minimum Gasteiger partial charge on any atom is -0.370 e. The van der Waals surface area contributed by atoms with Gasteiger partial charge in [-0.15, -0.1) is 0 Å². The summed E-state index contributed by atoms with van der Waals surface area (Å²) in [5.41, 5.74) is 1.53. The third-order valence-corrected chi connectivity index (χ3v) is 12.2. The number of nitrogens with zero attached hydrogens (tertiary/aromatic N) is 3. The Hall–Kier alpha value is -3.09. The van der Waals surface area contributed by atoms with Crippen LogP contribution in [0.15, 0.2) is 41.6 Å². The van der Waals surface area contributed by atoms with E-state index >= 15 is 0 Å². The fourth-order valence-corrected chi connectivity index (χ4v) is 9.34. The molecule has 0 bridgehead atoms. The van der Waals surface area contributed by atoms with Crippen molar-refractivity contribution in [3.05, 3.63) is 42.1 Å². The molecule has 12 heteroatoms. The summed E-state index contributed by atoms with van der Waals surface area (Å²) < 4.78 is 34.1. The largest absolute Gasteiger partial charge is 0.370 e. The monoisotopic (exact) mass is 636 g/mol. The minimum absolute atomic E-state index is 0.0630. The molecule has 4 heterocycles. The Morgan fingerprint density at radius 3 is 2.56 bits per heavy atom. The number of amides is 2. The normalized spacial score (nSPS) is 25.6. The zero-order valence-corrected chi connectivity index (χ0v) is 27.0. The maximum atomic E-state index is 13.0. The molecule has 0 unspecified atom stereocenters. The first-order chi connectivity index (χ1) is 21.5. The van der Waals surface area contributed by atoms with E-state index in [0.29, 0.717) is 54.5 Å². The van der Waals surface area contributed by atoms with Gasteiger partial charge in [-0.1, -0.05) is 6.07 Å². The summed E-state index contributed by atoms with van der Waals surface area (Å²) >= 11 is 0. The van der Waals surface area contributed by atoms with Crippen molar-refractivity contribution < 1.29 is 22.7 Å². The Bertz CT molecular complexity index is 1550. The number of hydrogen-bond acceptors (Lipinski definition) is 9. The number of hydrogen-bond donors (Lipinski definition) is 3. The molecular formula is C33H44N6O5S. The SMILES string of the molecule is CC1(C)C[C@H](CCCNc2cccc(S(=O)(=O)NC(=O)c3ccc(N4CC[C@H](OCCC5C6(CC6)C56CC6)C4=O)nc3)n2)CN1. The van der Waals surface area contributed by atoms with E-state index in [1.165, 1.54) is 44.0 Å². The zero-order valence-electron chi connectivity index (χ0n) is 26.2. The molecule has 2 aromatic heterocycles. The molecule has 0 aromatic carbocycles. The van der Waals surface area contributed by atoms with Gasteiger partial charge < -0.3 is 15.4 Å². The molecule has 0 radical (unpaired) electrons. The average Bonchev–Trinajstić information content (AvgIpc) is 3.97. The van der Waals surface area contributed by atoms with Crippen LogP contribution < -0.4 is 20.3 Å². The van der Waals surface area contributed by atoms with E-state index in [1.807, 2.05) is 0 Å². The van der Waals surface area contributed by atoms with E-state index in [0.717, 1.165) is 38.1 Å². The van der Waals surface area contributed by atoms with Crippen LogP contribution in [0.4, 0.5) is 11.6 Å². The number of aromatic nitrogens is 2. The highest BCUT2D eigenvalue weighted by atomic mass is 32.2. The fourth-order valence-electron chi connectivity index (χ4n) is 8.39. The summed E-state index contributed by atoms with van der Waals surface area (Å²) in [6.45, 7) is 7.22. The van der Waals surface area contributed by atoms with Crippen molar-refractivity contribution in [2.45, 2.75) is 88.3 Å². The minimum atomic E-state index is -4.21. The molecule has 2 aliphatic heterocycles. The number of anilines is 2. The van der Waals surface area contributed by atoms with E-state index in [9.17, 15) is 18.0 Å². The summed E-state index contributed by atoms with van der Waals surface area (Å²) in [7, 11) is -4.21. The van der Waals surface area contributed by atoms with Crippen molar-refractivity contribution in [1.29, 1.82) is 0 Å². The van der Waals surface area contributed by atoms with E-state index in [2.05, 4.69) is 39.2 Å². The van der Waals surface area contributed by atoms with Crippen LogP contribution in [-0.4, -0.2) is 68.1 Å². The topological polar surface area (TPSA) is 143 Å². The number of fused-ring (bicyclic) bond motifs is 1. The van der Waals surface area contributed by atoms with Gasteiger partial charge in [-0.3, -0.25) is 14.5 Å². The summed E-state index contributed by atoms with van der Waals surface area (Å²) in [4.78, 5) is 36.0. The average molecular weight is 637 g/mol. The van der Waals surface area contributed by atoms with Crippen molar-refractivity contribution in [2.75, 3.05) is 36.5 Å². The first kappa shape index (κ1) is 30.6. The van der Waals surface area contributed by atoms with Crippen LogP contribution in [0.5, 0.6) is 0 Å². The molecule has 11 nitrogen and oxygen atoms in total. The van der Waals surface area contributed by atoms with E-state index in [1.54, 1.807) is 23.1 Å². The van der Waals surface area contributed by atoms with Crippen molar-refractivity contribution >= 4 is 33.5 Å². The first-order valence-corrected chi connectivity index (χ1v) is 17.9. The predicted molar refractivity (Wildman–Crippen MR) is 169 cm³/mol. The highest BCUT2D eigenvalue weighted by molar-refractivity contribution is 7.90. The van der Waals surface area contributed by atoms with Gasteiger partial charge in [0.2, 0.25) is 0 Å². The second kappa shape index (κ2) is 11.3. The number of nitrogens with one attached hydrogen (secondary N) is 3. The summed E-state index contributed by atoms with van der Waals surface area (Å²) in [6, 6.07) is 7.68. The Balaban J connectivity index is 0.877. The van der Waals surface area contributed by atoms with Gasteiger partial charge in [-0.05, 0) is 119 Å².